The van der Waals surface area contributed by atoms with Crippen molar-refractivity contribution in [2.45, 2.75) is 218 Å². The standard InChI is InChI=1S/C76H93NO/c1-5-9-13-17-21-31-52-75(53-32-22-18-14-10-6-2)68-40-28-25-36-63(68)66-56-60(48-50-70(66)75)77(59-46-44-58(45-47-59)62-39-35-43-73-74(62)65-38-27-30-42-72(65)78-73)61-49-51-71-67(57-61)64-37-26-29-41-69(64)76(71,54-33-23-19-15-11-7-3)55-34-24-20-16-12-8-4/h25-30,35-51,56-57H,5-24,31-34,52-55H2,1-4H3. The van der Waals surface area contributed by atoms with Crippen LogP contribution in [0.15, 0.2) is 156 Å². The zero-order valence-corrected chi connectivity index (χ0v) is 48.6. The Kier molecular flexibility index (Phi) is 19.1. The van der Waals surface area contributed by atoms with Crippen LogP contribution < -0.4 is 4.90 Å². The maximum absolute atomic E-state index is 6.40. The molecule has 0 amide bonds. The molecule has 2 heteroatoms. The van der Waals surface area contributed by atoms with E-state index in [0.29, 0.717) is 0 Å². The van der Waals surface area contributed by atoms with Crippen LogP contribution in [0.3, 0.4) is 0 Å². The van der Waals surface area contributed by atoms with Gasteiger partial charge < -0.3 is 9.32 Å². The van der Waals surface area contributed by atoms with E-state index < -0.39 is 0 Å². The molecule has 0 spiro atoms. The fraction of sp³-hybridized carbons (Fsp3) is 0.447. The molecule has 0 saturated carbocycles. The van der Waals surface area contributed by atoms with Gasteiger partial charge in [0.15, 0.2) is 0 Å². The summed E-state index contributed by atoms with van der Waals surface area (Å²) in [6, 6.07) is 58.9. The van der Waals surface area contributed by atoms with Crippen LogP contribution >= 0.6 is 0 Å². The Morgan fingerprint density at radius 2 is 0.679 bits per heavy atom. The first-order valence-corrected chi connectivity index (χ1v) is 31.8. The Morgan fingerprint density at radius 3 is 1.15 bits per heavy atom. The Morgan fingerprint density at radius 1 is 0.308 bits per heavy atom. The lowest BCUT2D eigenvalue weighted by Crippen LogP contribution is -2.25. The van der Waals surface area contributed by atoms with Gasteiger partial charge in [0, 0.05) is 38.7 Å². The van der Waals surface area contributed by atoms with Crippen LogP contribution in [0.2, 0.25) is 0 Å². The van der Waals surface area contributed by atoms with Crippen molar-refractivity contribution in [2.75, 3.05) is 4.90 Å². The van der Waals surface area contributed by atoms with Crippen molar-refractivity contribution < 1.29 is 4.42 Å². The first-order chi connectivity index (χ1) is 38.5. The second kappa shape index (κ2) is 26.9. The fourth-order valence-corrected chi connectivity index (χ4v) is 14.6. The highest BCUT2D eigenvalue weighted by Crippen LogP contribution is 2.58. The Hall–Kier alpha value is -5.86. The van der Waals surface area contributed by atoms with Gasteiger partial charge in [0.25, 0.3) is 0 Å². The molecule has 2 nitrogen and oxygen atoms in total. The minimum Gasteiger partial charge on any atom is -0.456 e. The average Bonchev–Trinajstić information content (AvgIpc) is 4.30. The summed E-state index contributed by atoms with van der Waals surface area (Å²) in [7, 11) is 0. The van der Waals surface area contributed by atoms with Crippen LogP contribution in [0, 0.1) is 0 Å². The van der Waals surface area contributed by atoms with E-state index in [2.05, 4.69) is 184 Å². The van der Waals surface area contributed by atoms with Crippen molar-refractivity contribution in [3.8, 4) is 33.4 Å². The molecule has 7 aromatic carbocycles. The number of hydrogen-bond donors (Lipinski definition) is 0. The van der Waals surface area contributed by atoms with Gasteiger partial charge in [-0.3, -0.25) is 0 Å². The van der Waals surface area contributed by atoms with Crippen LogP contribution in [0.25, 0.3) is 55.3 Å². The average molecular weight is 1040 g/mol. The number of hydrogen-bond acceptors (Lipinski definition) is 2. The second-order valence-electron chi connectivity index (χ2n) is 23.9. The van der Waals surface area contributed by atoms with Gasteiger partial charge in [-0.1, -0.05) is 285 Å². The second-order valence-corrected chi connectivity index (χ2v) is 23.9. The molecule has 8 aromatic rings. The van der Waals surface area contributed by atoms with E-state index in [-0.39, 0.29) is 10.8 Å². The lowest BCUT2D eigenvalue weighted by molar-refractivity contribution is 0.398. The molecule has 408 valence electrons. The molecule has 2 aliphatic carbocycles. The predicted octanol–water partition coefficient (Wildman–Crippen LogP) is 24.3. The molecule has 0 radical (unpaired) electrons. The van der Waals surface area contributed by atoms with Crippen molar-refractivity contribution in [3.63, 3.8) is 0 Å². The van der Waals surface area contributed by atoms with Crippen molar-refractivity contribution in [2.24, 2.45) is 0 Å². The number of nitrogens with zero attached hydrogens (tertiary/aromatic N) is 1. The van der Waals surface area contributed by atoms with E-state index in [0.717, 1.165) is 11.2 Å². The number of para-hydroxylation sites is 1. The van der Waals surface area contributed by atoms with E-state index in [1.165, 1.54) is 241 Å². The molecule has 10 rings (SSSR count). The third-order valence-corrected chi connectivity index (χ3v) is 18.7. The van der Waals surface area contributed by atoms with E-state index in [9.17, 15) is 0 Å². The summed E-state index contributed by atoms with van der Waals surface area (Å²) in [5, 5.41) is 2.35. The van der Waals surface area contributed by atoms with Crippen LogP contribution in [-0.4, -0.2) is 0 Å². The molecule has 0 saturated heterocycles. The molecule has 0 N–H and O–H groups in total. The highest BCUT2D eigenvalue weighted by molar-refractivity contribution is 6.12. The molecule has 78 heavy (non-hydrogen) atoms. The minimum absolute atomic E-state index is 0.0390. The van der Waals surface area contributed by atoms with E-state index in [1.54, 1.807) is 22.3 Å². The summed E-state index contributed by atoms with van der Waals surface area (Å²) in [5.41, 5.74) is 20.0. The normalized spacial score (nSPS) is 13.7. The molecule has 0 fully saturated rings. The minimum atomic E-state index is 0.0390. The van der Waals surface area contributed by atoms with Gasteiger partial charge in [-0.05, 0) is 130 Å². The number of fused-ring (bicyclic) bond motifs is 9. The van der Waals surface area contributed by atoms with Gasteiger partial charge in [0.2, 0.25) is 0 Å². The van der Waals surface area contributed by atoms with Gasteiger partial charge in [0.1, 0.15) is 11.2 Å². The molecule has 0 atom stereocenters. The third-order valence-electron chi connectivity index (χ3n) is 18.7. The maximum atomic E-state index is 6.40. The summed E-state index contributed by atoms with van der Waals surface area (Å²) in [4.78, 5) is 2.59. The first-order valence-electron chi connectivity index (χ1n) is 31.8. The Labute approximate surface area is 471 Å². The molecule has 0 unspecified atom stereocenters. The molecule has 2 aliphatic rings. The molecule has 1 heterocycles. The zero-order valence-electron chi connectivity index (χ0n) is 48.6. The summed E-state index contributed by atoms with van der Waals surface area (Å²) in [6.45, 7) is 9.34. The summed E-state index contributed by atoms with van der Waals surface area (Å²) < 4.78 is 6.40. The molecular weight excluding hydrogens is 943 g/mol. The van der Waals surface area contributed by atoms with Crippen molar-refractivity contribution in [1.29, 1.82) is 0 Å². The monoisotopic (exact) mass is 1040 g/mol. The fourth-order valence-electron chi connectivity index (χ4n) is 14.6. The summed E-state index contributed by atoms with van der Waals surface area (Å²) >= 11 is 0. The van der Waals surface area contributed by atoms with Crippen LogP contribution in [0.4, 0.5) is 17.1 Å². The first kappa shape index (κ1) is 55.5. The van der Waals surface area contributed by atoms with Crippen molar-refractivity contribution in [1.82, 2.24) is 0 Å². The van der Waals surface area contributed by atoms with E-state index in [4.69, 9.17) is 4.42 Å². The summed E-state index contributed by atoms with van der Waals surface area (Å²) in [6.07, 6.45) is 36.7. The van der Waals surface area contributed by atoms with Crippen LogP contribution in [0.1, 0.15) is 230 Å². The predicted molar refractivity (Wildman–Crippen MR) is 338 cm³/mol. The van der Waals surface area contributed by atoms with Gasteiger partial charge in [0.05, 0.1) is 0 Å². The smallest absolute Gasteiger partial charge is 0.136 e. The van der Waals surface area contributed by atoms with Gasteiger partial charge in [-0.15, -0.1) is 0 Å². The molecule has 1 aromatic heterocycles. The van der Waals surface area contributed by atoms with Crippen molar-refractivity contribution in [3.05, 3.63) is 174 Å². The van der Waals surface area contributed by atoms with Crippen molar-refractivity contribution >= 4 is 39.0 Å². The molecule has 0 aliphatic heterocycles. The largest absolute Gasteiger partial charge is 0.456 e. The Bertz CT molecular complexity index is 3000. The maximum Gasteiger partial charge on any atom is 0.136 e. The summed E-state index contributed by atoms with van der Waals surface area (Å²) in [5.74, 6) is 0. The number of rotatable bonds is 32. The number of anilines is 3. The van der Waals surface area contributed by atoms with E-state index >= 15 is 0 Å². The van der Waals surface area contributed by atoms with E-state index in [1.807, 2.05) is 0 Å². The lowest BCUT2D eigenvalue weighted by Gasteiger charge is -2.34. The molecular formula is C76H93NO. The van der Waals surface area contributed by atoms with Crippen LogP contribution in [0.5, 0.6) is 0 Å². The number of furan rings is 1. The van der Waals surface area contributed by atoms with Crippen LogP contribution in [-0.2, 0) is 10.8 Å². The van der Waals surface area contributed by atoms with Gasteiger partial charge >= 0.3 is 0 Å². The number of benzene rings is 7. The van der Waals surface area contributed by atoms with Gasteiger partial charge in [-0.2, -0.15) is 0 Å². The lowest BCUT2D eigenvalue weighted by atomic mass is 9.70. The zero-order chi connectivity index (χ0) is 53.6. The number of unbranched alkanes of at least 4 members (excludes halogenated alkanes) is 20. The Balaban J connectivity index is 1.08. The SMILES string of the molecule is CCCCCCCCC1(CCCCCCCC)c2ccccc2-c2cc(N(c3ccc(-c4cccc5oc6ccccc6c45)cc3)c3ccc4c(c3)-c3ccccc3C4(CCCCCCCC)CCCCCCCC)ccc21. The third kappa shape index (κ3) is 11.7. The topological polar surface area (TPSA) is 16.4 Å². The molecule has 0 bridgehead atoms. The quantitative estimate of drug-likeness (QED) is 0.0391. The highest BCUT2D eigenvalue weighted by atomic mass is 16.3. The highest BCUT2D eigenvalue weighted by Gasteiger charge is 2.44. The van der Waals surface area contributed by atoms with Gasteiger partial charge in [-0.25, -0.2) is 0 Å².